The van der Waals surface area contributed by atoms with Crippen LogP contribution in [0.2, 0.25) is 0 Å². The van der Waals surface area contributed by atoms with Gasteiger partial charge in [-0.25, -0.2) is 9.97 Å². The molecule has 0 saturated carbocycles. The maximum absolute atomic E-state index is 5.61. The van der Waals surface area contributed by atoms with Gasteiger partial charge in [0.25, 0.3) is 0 Å². The van der Waals surface area contributed by atoms with Crippen LogP contribution in [0, 0.1) is 6.92 Å². The van der Waals surface area contributed by atoms with Crippen molar-refractivity contribution in [2.75, 3.05) is 37.6 Å². The van der Waals surface area contributed by atoms with E-state index < -0.39 is 0 Å². The Morgan fingerprint density at radius 1 is 1.14 bits per heavy atom. The van der Waals surface area contributed by atoms with E-state index >= 15 is 0 Å². The van der Waals surface area contributed by atoms with E-state index in [0.717, 1.165) is 48.7 Å². The van der Waals surface area contributed by atoms with Crippen molar-refractivity contribution in [2.24, 2.45) is 5.73 Å². The van der Waals surface area contributed by atoms with E-state index in [-0.39, 0.29) is 0 Å². The first-order chi connectivity index (χ1) is 10.1. The van der Waals surface area contributed by atoms with E-state index in [1.807, 2.05) is 31.2 Å². The van der Waals surface area contributed by atoms with Gasteiger partial charge in [0.05, 0.1) is 21.7 Å². The van der Waals surface area contributed by atoms with Gasteiger partial charge in [-0.1, -0.05) is 24.4 Å². The molecule has 1 aromatic carbocycles. The number of aromatic nitrogens is 2. The molecule has 2 aromatic rings. The van der Waals surface area contributed by atoms with Crippen molar-refractivity contribution < 1.29 is 0 Å². The molecule has 5 nitrogen and oxygen atoms in total. The summed E-state index contributed by atoms with van der Waals surface area (Å²) < 4.78 is 0. The Morgan fingerprint density at radius 2 is 1.76 bits per heavy atom. The van der Waals surface area contributed by atoms with Crippen molar-refractivity contribution >= 4 is 34.1 Å². The quantitative estimate of drug-likeness (QED) is 0.864. The second kappa shape index (κ2) is 5.91. The number of hydrogen-bond acceptors (Lipinski definition) is 5. The molecule has 3 rings (SSSR count). The maximum Gasteiger partial charge on any atom is 0.150 e. The lowest BCUT2D eigenvalue weighted by molar-refractivity contribution is 0.291. The molecular formula is C15H19N5S. The highest BCUT2D eigenvalue weighted by Gasteiger charge is 2.20. The van der Waals surface area contributed by atoms with Gasteiger partial charge in [0.15, 0.2) is 5.82 Å². The standard InChI is InChI=1S/C15H19N5S/c1-11-15(18-13-5-3-2-4-12(13)17-11)20-8-6-19(7-9-20)10-14(16)21/h2-5H,6-10H2,1H3,(H2,16,21). The summed E-state index contributed by atoms with van der Waals surface area (Å²) in [5.41, 5.74) is 8.49. The molecule has 0 radical (unpaired) electrons. The van der Waals surface area contributed by atoms with E-state index in [9.17, 15) is 0 Å². The number of nitrogens with zero attached hydrogens (tertiary/aromatic N) is 4. The summed E-state index contributed by atoms with van der Waals surface area (Å²) in [7, 11) is 0. The molecule has 0 aliphatic carbocycles. The van der Waals surface area contributed by atoms with Crippen LogP contribution in [0.25, 0.3) is 11.0 Å². The number of fused-ring (bicyclic) bond motifs is 1. The van der Waals surface area contributed by atoms with Crippen molar-refractivity contribution in [2.45, 2.75) is 6.92 Å². The highest BCUT2D eigenvalue weighted by Crippen LogP contribution is 2.21. The largest absolute Gasteiger partial charge is 0.392 e. The second-order valence-corrected chi connectivity index (χ2v) is 5.88. The number of aryl methyl sites for hydroxylation is 1. The summed E-state index contributed by atoms with van der Waals surface area (Å²) in [5, 5.41) is 0. The third-order valence-electron chi connectivity index (χ3n) is 3.77. The van der Waals surface area contributed by atoms with Gasteiger partial charge in [-0.3, -0.25) is 4.90 Å². The smallest absolute Gasteiger partial charge is 0.150 e. The zero-order valence-electron chi connectivity index (χ0n) is 12.1. The Hall–Kier alpha value is -1.79. The van der Waals surface area contributed by atoms with Crippen LogP contribution in [0.4, 0.5) is 5.82 Å². The van der Waals surface area contributed by atoms with Crippen molar-refractivity contribution in [3.05, 3.63) is 30.0 Å². The fraction of sp³-hybridized carbons (Fsp3) is 0.400. The molecule has 6 heteroatoms. The molecule has 2 N–H and O–H groups in total. The van der Waals surface area contributed by atoms with Crippen LogP contribution in [0.3, 0.4) is 0 Å². The molecule has 0 spiro atoms. The number of piperazine rings is 1. The number of nitrogens with two attached hydrogens (primary N) is 1. The highest BCUT2D eigenvalue weighted by molar-refractivity contribution is 7.80. The molecule has 110 valence electrons. The lowest BCUT2D eigenvalue weighted by Crippen LogP contribution is -2.49. The lowest BCUT2D eigenvalue weighted by atomic mass is 10.2. The van der Waals surface area contributed by atoms with Crippen molar-refractivity contribution in [1.29, 1.82) is 0 Å². The monoisotopic (exact) mass is 301 g/mol. The van der Waals surface area contributed by atoms with Gasteiger partial charge < -0.3 is 10.6 Å². The summed E-state index contributed by atoms with van der Waals surface area (Å²) in [6, 6.07) is 7.99. The predicted molar refractivity (Wildman–Crippen MR) is 89.7 cm³/mol. The summed E-state index contributed by atoms with van der Waals surface area (Å²) >= 11 is 4.97. The topological polar surface area (TPSA) is 58.3 Å². The fourth-order valence-corrected chi connectivity index (χ4v) is 2.90. The first-order valence-electron chi connectivity index (χ1n) is 7.12. The summed E-state index contributed by atoms with van der Waals surface area (Å²) in [6.45, 7) is 6.48. The van der Waals surface area contributed by atoms with E-state index in [1.165, 1.54) is 0 Å². The normalized spacial score (nSPS) is 16.3. The van der Waals surface area contributed by atoms with Crippen LogP contribution < -0.4 is 10.6 Å². The Kier molecular flexibility index (Phi) is 3.98. The second-order valence-electron chi connectivity index (χ2n) is 5.35. The minimum atomic E-state index is 0.560. The number of rotatable bonds is 3. The van der Waals surface area contributed by atoms with Crippen LogP contribution >= 0.6 is 12.2 Å². The van der Waals surface area contributed by atoms with Gasteiger partial charge >= 0.3 is 0 Å². The Labute approximate surface area is 129 Å². The number of para-hydroxylation sites is 2. The SMILES string of the molecule is Cc1nc2ccccc2nc1N1CCN(CC(N)=S)CC1. The third-order valence-corrected chi connectivity index (χ3v) is 3.90. The van der Waals surface area contributed by atoms with Crippen molar-refractivity contribution in [3.63, 3.8) is 0 Å². The molecule has 1 aliphatic heterocycles. The van der Waals surface area contributed by atoms with Gasteiger partial charge in [-0.2, -0.15) is 0 Å². The molecule has 1 saturated heterocycles. The number of benzene rings is 1. The average molecular weight is 301 g/mol. The molecule has 0 amide bonds. The molecule has 1 aromatic heterocycles. The van der Waals surface area contributed by atoms with Crippen LogP contribution in [-0.4, -0.2) is 52.6 Å². The lowest BCUT2D eigenvalue weighted by Gasteiger charge is -2.35. The molecule has 0 bridgehead atoms. The van der Waals surface area contributed by atoms with Gasteiger partial charge in [-0.15, -0.1) is 0 Å². The molecule has 0 atom stereocenters. The van der Waals surface area contributed by atoms with Crippen LogP contribution in [0.1, 0.15) is 5.69 Å². The van der Waals surface area contributed by atoms with E-state index in [1.54, 1.807) is 0 Å². The zero-order valence-corrected chi connectivity index (χ0v) is 12.9. The van der Waals surface area contributed by atoms with Crippen LogP contribution in [-0.2, 0) is 0 Å². The van der Waals surface area contributed by atoms with Crippen LogP contribution in [0.15, 0.2) is 24.3 Å². The number of anilines is 1. The van der Waals surface area contributed by atoms with Gasteiger partial charge in [0.2, 0.25) is 0 Å². The summed E-state index contributed by atoms with van der Waals surface area (Å²) in [6.07, 6.45) is 0. The van der Waals surface area contributed by atoms with E-state index in [4.69, 9.17) is 22.9 Å². The Morgan fingerprint density at radius 3 is 2.38 bits per heavy atom. The van der Waals surface area contributed by atoms with Crippen LogP contribution in [0.5, 0.6) is 0 Å². The highest BCUT2D eigenvalue weighted by atomic mass is 32.1. The number of hydrogen-bond donors (Lipinski definition) is 1. The molecule has 0 unspecified atom stereocenters. The molecule has 21 heavy (non-hydrogen) atoms. The van der Waals surface area contributed by atoms with Crippen molar-refractivity contribution in [3.8, 4) is 0 Å². The van der Waals surface area contributed by atoms with Crippen molar-refractivity contribution in [1.82, 2.24) is 14.9 Å². The average Bonchev–Trinajstić information content (AvgIpc) is 2.47. The minimum Gasteiger partial charge on any atom is -0.392 e. The molecule has 2 heterocycles. The summed E-state index contributed by atoms with van der Waals surface area (Å²) in [4.78, 5) is 14.6. The molecule has 1 aliphatic rings. The Bertz CT molecular complexity index is 664. The zero-order chi connectivity index (χ0) is 14.8. The predicted octanol–water partition coefficient (Wildman–Crippen LogP) is 1.35. The Balaban J connectivity index is 1.79. The van der Waals surface area contributed by atoms with Gasteiger partial charge in [0, 0.05) is 32.7 Å². The third kappa shape index (κ3) is 3.11. The maximum atomic E-state index is 5.61. The fourth-order valence-electron chi connectivity index (χ4n) is 2.72. The first kappa shape index (κ1) is 14.2. The molecule has 1 fully saturated rings. The van der Waals surface area contributed by atoms with Gasteiger partial charge in [0.1, 0.15) is 0 Å². The van der Waals surface area contributed by atoms with Gasteiger partial charge in [-0.05, 0) is 19.1 Å². The molecular weight excluding hydrogens is 282 g/mol. The number of thiocarbonyl (C=S) groups is 1. The first-order valence-corrected chi connectivity index (χ1v) is 7.53. The minimum absolute atomic E-state index is 0.560. The van der Waals surface area contributed by atoms with E-state index in [2.05, 4.69) is 14.8 Å². The summed E-state index contributed by atoms with van der Waals surface area (Å²) in [5.74, 6) is 0.990. The van der Waals surface area contributed by atoms with E-state index in [0.29, 0.717) is 11.5 Å².